The summed E-state index contributed by atoms with van der Waals surface area (Å²) < 4.78 is 79.7. The molecule has 0 spiro atoms. The van der Waals surface area contributed by atoms with Gasteiger partial charge in [-0.25, -0.2) is 4.39 Å². The molecule has 0 rings (SSSR count). The second-order valence-corrected chi connectivity index (χ2v) is 2.39. The van der Waals surface area contributed by atoms with E-state index in [9.17, 15) is 31.1 Å². The van der Waals surface area contributed by atoms with Gasteiger partial charge < -0.3 is 13.8 Å². The predicted molar refractivity (Wildman–Crippen MR) is 39.6 cm³/mol. The smallest absolute Gasteiger partial charge is 0.340 e. The van der Waals surface area contributed by atoms with Crippen LogP contribution >= 0.6 is 0 Å². The molecule has 16 heavy (non-hydrogen) atoms. The number of alkyl halides is 4. The zero-order valence-corrected chi connectivity index (χ0v) is 7.69. The first kappa shape index (κ1) is 15.2. The molecule has 1 unspecified atom stereocenters. The Morgan fingerprint density at radius 1 is 1.25 bits per heavy atom. The molecule has 0 amide bonds. The Morgan fingerprint density at radius 2 is 1.81 bits per heavy atom. The lowest BCUT2D eigenvalue weighted by molar-refractivity contribution is -0.359. The quantitative estimate of drug-likeness (QED) is 0.296. The van der Waals surface area contributed by atoms with E-state index in [1.165, 1.54) is 0 Å². The first-order chi connectivity index (χ1) is 7.31. The van der Waals surface area contributed by atoms with Crippen LogP contribution in [0.25, 0.3) is 0 Å². The topological polar surface area (TPSA) is 35.5 Å². The first-order valence-corrected chi connectivity index (χ1v) is 3.84. The average Bonchev–Trinajstić information content (AvgIpc) is 2.16. The number of rotatable bonds is 7. The Kier molecular flexibility index (Phi) is 5.80. The van der Waals surface area contributed by atoms with Crippen LogP contribution < -0.4 is 0 Å². The zero-order valence-electron chi connectivity index (χ0n) is 7.69. The van der Waals surface area contributed by atoms with Gasteiger partial charge in [-0.1, -0.05) is 0 Å². The largest absolute Gasteiger partial charge is 0.454 e. The average molecular weight is 251 g/mol. The second kappa shape index (κ2) is 6.09. The van der Waals surface area contributed by atoms with E-state index in [0.717, 1.165) is 0 Å². The molecule has 0 aliphatic rings. The van der Waals surface area contributed by atoms with Crippen LogP contribution in [-0.2, 0) is 14.3 Å². The van der Waals surface area contributed by atoms with Gasteiger partial charge in [0.2, 0.25) is 0 Å². The Balaban J connectivity index is 4.98. The standard InChI is InChI=1S/C6H6BF6O3/c8-1-2-15-5(4(9)14,6(10,11)12)16-3-7-13/h1-3H2. The second-order valence-electron chi connectivity index (χ2n) is 2.39. The zero-order chi connectivity index (χ0) is 12.8. The molecule has 0 heterocycles. The molecule has 0 N–H and O–H groups in total. The van der Waals surface area contributed by atoms with Crippen molar-refractivity contribution in [3.8, 4) is 0 Å². The van der Waals surface area contributed by atoms with Crippen LogP contribution in [0.5, 0.6) is 0 Å². The van der Waals surface area contributed by atoms with Crippen LogP contribution in [0.3, 0.4) is 0 Å². The predicted octanol–water partition coefficient (Wildman–Crippen LogP) is 1.29. The monoisotopic (exact) mass is 251 g/mol. The van der Waals surface area contributed by atoms with E-state index >= 15 is 0 Å². The molecule has 10 heteroatoms. The van der Waals surface area contributed by atoms with Gasteiger partial charge >= 0.3 is 25.6 Å². The molecule has 0 aromatic heterocycles. The minimum Gasteiger partial charge on any atom is -0.340 e. The maximum absolute atomic E-state index is 12.3. The number of carbonyl (C=O) groups excluding carboxylic acids is 1. The molecule has 0 saturated heterocycles. The van der Waals surface area contributed by atoms with Gasteiger partial charge in [0.25, 0.3) is 0 Å². The fraction of sp³-hybridized carbons (Fsp3) is 0.833. The molecule has 0 bridgehead atoms. The molecular weight excluding hydrogens is 245 g/mol. The number of hydrogen-bond donors (Lipinski definition) is 0. The molecule has 0 saturated carbocycles. The van der Waals surface area contributed by atoms with Gasteiger partial charge in [-0.15, -0.1) is 0 Å². The third kappa shape index (κ3) is 3.37. The van der Waals surface area contributed by atoms with Crippen molar-refractivity contribution in [1.29, 1.82) is 0 Å². The van der Waals surface area contributed by atoms with Gasteiger partial charge in [-0.3, -0.25) is 4.79 Å². The van der Waals surface area contributed by atoms with E-state index < -0.39 is 37.8 Å². The van der Waals surface area contributed by atoms with E-state index in [0.29, 0.717) is 0 Å². The summed E-state index contributed by atoms with van der Waals surface area (Å²) in [6.07, 6.45) is -5.59. The summed E-state index contributed by atoms with van der Waals surface area (Å²) in [6.45, 7) is -3.95. The molecule has 1 radical (unpaired) electrons. The van der Waals surface area contributed by atoms with Crippen LogP contribution in [0.15, 0.2) is 0 Å². The molecule has 93 valence electrons. The van der Waals surface area contributed by atoms with E-state index in [-0.39, 0.29) is 7.56 Å². The van der Waals surface area contributed by atoms with Gasteiger partial charge in [0, 0.05) is 0 Å². The third-order valence-corrected chi connectivity index (χ3v) is 1.36. The molecule has 0 aliphatic heterocycles. The maximum Gasteiger partial charge on any atom is 0.454 e. The van der Waals surface area contributed by atoms with Gasteiger partial charge in [0.15, 0.2) is 0 Å². The van der Waals surface area contributed by atoms with Gasteiger partial charge in [0.1, 0.15) is 6.67 Å². The molecule has 3 nitrogen and oxygen atoms in total. The molecule has 0 aliphatic carbocycles. The van der Waals surface area contributed by atoms with Crippen LogP contribution in [-0.4, -0.2) is 45.3 Å². The lowest BCUT2D eigenvalue weighted by atomic mass is 10.1. The highest BCUT2D eigenvalue weighted by molar-refractivity contribution is 6.25. The Hall–Kier alpha value is -0.765. The van der Waals surface area contributed by atoms with Crippen molar-refractivity contribution in [3.05, 3.63) is 0 Å². The first-order valence-electron chi connectivity index (χ1n) is 3.84. The molecule has 0 aromatic carbocycles. The molecule has 0 fully saturated rings. The third-order valence-electron chi connectivity index (χ3n) is 1.36. The highest BCUT2D eigenvalue weighted by atomic mass is 19.4. The van der Waals surface area contributed by atoms with Crippen molar-refractivity contribution >= 4 is 13.6 Å². The summed E-state index contributed by atoms with van der Waals surface area (Å²) in [5, 5.41) is 0. The Morgan fingerprint density at radius 3 is 2.12 bits per heavy atom. The number of halogens is 6. The molecule has 1 atom stereocenters. The van der Waals surface area contributed by atoms with E-state index in [1.54, 1.807) is 0 Å². The van der Waals surface area contributed by atoms with E-state index in [2.05, 4.69) is 9.47 Å². The lowest BCUT2D eigenvalue weighted by Crippen LogP contribution is -2.55. The summed E-state index contributed by atoms with van der Waals surface area (Å²) in [5.74, 6) is -4.28. The summed E-state index contributed by atoms with van der Waals surface area (Å²) in [7, 11) is -0.387. The van der Waals surface area contributed by atoms with E-state index in [4.69, 9.17) is 0 Å². The minimum atomic E-state index is -5.59. The van der Waals surface area contributed by atoms with E-state index in [1.807, 2.05) is 0 Å². The fourth-order valence-corrected chi connectivity index (χ4v) is 0.761. The minimum absolute atomic E-state index is 0.387. The van der Waals surface area contributed by atoms with Crippen LogP contribution in [0, 0.1) is 0 Å². The van der Waals surface area contributed by atoms with Crippen molar-refractivity contribution in [2.45, 2.75) is 12.0 Å². The van der Waals surface area contributed by atoms with Crippen molar-refractivity contribution in [2.75, 3.05) is 19.8 Å². The highest BCUT2D eigenvalue weighted by Crippen LogP contribution is 2.36. The van der Waals surface area contributed by atoms with Gasteiger partial charge in [-0.2, -0.15) is 17.6 Å². The lowest BCUT2D eigenvalue weighted by Gasteiger charge is -2.30. The Labute approximate surface area is 87.0 Å². The normalized spacial score (nSPS) is 15.6. The van der Waals surface area contributed by atoms with Gasteiger partial charge in [-0.05, 0) is 0 Å². The van der Waals surface area contributed by atoms with Crippen molar-refractivity contribution < 1.29 is 40.5 Å². The van der Waals surface area contributed by atoms with Crippen molar-refractivity contribution in [2.24, 2.45) is 0 Å². The highest BCUT2D eigenvalue weighted by Gasteiger charge is 2.64. The van der Waals surface area contributed by atoms with Crippen molar-refractivity contribution in [1.82, 2.24) is 0 Å². The summed E-state index contributed by atoms with van der Waals surface area (Å²) in [4.78, 5) is 10.2. The maximum atomic E-state index is 12.3. The molecule has 0 aromatic rings. The van der Waals surface area contributed by atoms with Crippen LogP contribution in [0.4, 0.5) is 26.3 Å². The number of carbonyl (C=O) groups is 1. The fourth-order valence-electron chi connectivity index (χ4n) is 0.761. The Bertz CT molecular complexity index is 225. The number of ether oxygens (including phenoxy) is 2. The summed E-state index contributed by atoms with van der Waals surface area (Å²) in [5.41, 5.74) is 0. The van der Waals surface area contributed by atoms with Crippen molar-refractivity contribution in [3.63, 3.8) is 0 Å². The van der Waals surface area contributed by atoms with Gasteiger partial charge in [0.05, 0.1) is 13.1 Å². The number of hydrogen-bond acceptors (Lipinski definition) is 3. The molecular formula is C6H6BF6O3. The van der Waals surface area contributed by atoms with Crippen LogP contribution in [0.2, 0.25) is 0 Å². The summed E-state index contributed by atoms with van der Waals surface area (Å²) >= 11 is 0. The summed E-state index contributed by atoms with van der Waals surface area (Å²) in [6, 6.07) is -3.03. The van der Waals surface area contributed by atoms with Crippen LogP contribution in [0.1, 0.15) is 0 Å². The SMILES string of the molecule is O=C(F)C(OC[B]F)(OCCF)C(F)(F)F.